The second-order valence-corrected chi connectivity index (χ2v) is 3.84. The van der Waals surface area contributed by atoms with Gasteiger partial charge in [-0.2, -0.15) is 0 Å². The summed E-state index contributed by atoms with van der Waals surface area (Å²) < 4.78 is 0. The Morgan fingerprint density at radius 1 is 0.933 bits per heavy atom. The van der Waals surface area contributed by atoms with Crippen LogP contribution in [0.4, 0.5) is 0 Å². The lowest BCUT2D eigenvalue weighted by Gasteiger charge is -2.00. The third-order valence-corrected chi connectivity index (χ3v) is 2.39. The van der Waals surface area contributed by atoms with Crippen molar-refractivity contribution in [1.29, 1.82) is 0 Å². The molecule has 15 heavy (non-hydrogen) atoms. The predicted octanol–water partition coefficient (Wildman–Crippen LogP) is 2.26. The number of unbranched alkanes of at least 4 members (excludes halogenated alkanes) is 5. The third-order valence-electron chi connectivity index (χ3n) is 2.39. The molecule has 0 aromatic heterocycles. The summed E-state index contributed by atoms with van der Waals surface area (Å²) in [6, 6.07) is 0. The van der Waals surface area contributed by atoms with E-state index in [4.69, 9.17) is 5.11 Å². The molecule has 0 rings (SSSR count). The fourth-order valence-corrected chi connectivity index (χ4v) is 1.46. The van der Waals surface area contributed by atoms with E-state index in [0.29, 0.717) is 25.0 Å². The summed E-state index contributed by atoms with van der Waals surface area (Å²) >= 11 is 0. The molecule has 0 aliphatic rings. The first-order chi connectivity index (χ1) is 7.31. The molecular weight excluding hydrogens is 192 g/mol. The van der Waals surface area contributed by atoms with E-state index in [9.17, 15) is 9.59 Å². The quantitative estimate of drug-likeness (QED) is 0.424. The molecule has 3 nitrogen and oxygen atoms in total. The summed E-state index contributed by atoms with van der Waals surface area (Å²) in [6.45, 7) is 0.222. The van der Waals surface area contributed by atoms with Crippen LogP contribution in [0.5, 0.6) is 0 Å². The molecule has 3 heteroatoms. The van der Waals surface area contributed by atoms with E-state index in [0.717, 1.165) is 44.8 Å². The number of hydrogen-bond donors (Lipinski definition) is 1. The number of carbonyl (C=O) groups excluding carboxylic acids is 2. The van der Waals surface area contributed by atoms with E-state index in [1.54, 1.807) is 0 Å². The summed E-state index contributed by atoms with van der Waals surface area (Å²) in [4.78, 5) is 21.3. The molecule has 0 aliphatic carbocycles. The molecule has 0 aromatic carbocycles. The van der Waals surface area contributed by atoms with Crippen molar-refractivity contribution < 1.29 is 14.7 Å². The first-order valence-corrected chi connectivity index (χ1v) is 5.87. The first-order valence-electron chi connectivity index (χ1n) is 5.87. The summed E-state index contributed by atoms with van der Waals surface area (Å²) in [5.74, 6) is 0.319. The van der Waals surface area contributed by atoms with Gasteiger partial charge in [0.05, 0.1) is 0 Å². The number of rotatable bonds is 11. The van der Waals surface area contributed by atoms with Crippen LogP contribution in [-0.4, -0.2) is 23.8 Å². The van der Waals surface area contributed by atoms with E-state index in [2.05, 4.69) is 0 Å². The number of carbonyl (C=O) groups is 2. The monoisotopic (exact) mass is 214 g/mol. The van der Waals surface area contributed by atoms with Crippen LogP contribution < -0.4 is 0 Å². The molecule has 0 spiro atoms. The Morgan fingerprint density at radius 3 is 2.07 bits per heavy atom. The predicted molar refractivity (Wildman–Crippen MR) is 59.7 cm³/mol. The van der Waals surface area contributed by atoms with Gasteiger partial charge in [0.15, 0.2) is 0 Å². The highest BCUT2D eigenvalue weighted by Gasteiger charge is 2.01. The zero-order valence-corrected chi connectivity index (χ0v) is 9.41. The molecular formula is C12H22O3. The van der Waals surface area contributed by atoms with Crippen molar-refractivity contribution in [1.82, 2.24) is 0 Å². The van der Waals surface area contributed by atoms with E-state index in [1.807, 2.05) is 0 Å². The van der Waals surface area contributed by atoms with Crippen LogP contribution in [0.2, 0.25) is 0 Å². The van der Waals surface area contributed by atoms with Gasteiger partial charge in [0.1, 0.15) is 12.1 Å². The van der Waals surface area contributed by atoms with Gasteiger partial charge in [-0.15, -0.1) is 0 Å². The van der Waals surface area contributed by atoms with E-state index < -0.39 is 0 Å². The minimum Gasteiger partial charge on any atom is -0.396 e. The van der Waals surface area contributed by atoms with Gasteiger partial charge in [-0.1, -0.05) is 12.8 Å². The van der Waals surface area contributed by atoms with E-state index in [-0.39, 0.29) is 6.61 Å². The molecule has 0 amide bonds. The fraction of sp³-hybridized carbons (Fsp3) is 0.833. The molecule has 0 saturated heterocycles. The van der Waals surface area contributed by atoms with Crippen molar-refractivity contribution in [3.05, 3.63) is 0 Å². The van der Waals surface area contributed by atoms with Crippen molar-refractivity contribution in [3.8, 4) is 0 Å². The molecule has 0 aromatic rings. The van der Waals surface area contributed by atoms with Crippen LogP contribution in [0.1, 0.15) is 57.8 Å². The van der Waals surface area contributed by atoms with Crippen LogP contribution in [0, 0.1) is 0 Å². The summed E-state index contributed by atoms with van der Waals surface area (Å²) in [7, 11) is 0. The highest BCUT2D eigenvalue weighted by Crippen LogP contribution is 2.07. The molecule has 88 valence electrons. The number of aliphatic hydroxyl groups is 1. The highest BCUT2D eigenvalue weighted by molar-refractivity contribution is 5.78. The molecule has 0 fully saturated rings. The zero-order valence-electron chi connectivity index (χ0n) is 9.41. The number of aliphatic hydroxyl groups excluding tert-OH is 1. The van der Waals surface area contributed by atoms with Gasteiger partial charge in [-0.05, 0) is 25.7 Å². The molecule has 1 N–H and O–H groups in total. The minimum absolute atomic E-state index is 0.222. The summed E-state index contributed by atoms with van der Waals surface area (Å²) in [6.07, 6.45) is 8.26. The van der Waals surface area contributed by atoms with Crippen molar-refractivity contribution in [2.45, 2.75) is 57.8 Å². The second kappa shape index (κ2) is 11.4. The number of hydrogen-bond acceptors (Lipinski definition) is 3. The normalized spacial score (nSPS) is 10.2. The van der Waals surface area contributed by atoms with Crippen LogP contribution in [-0.2, 0) is 9.59 Å². The molecule has 0 aliphatic heterocycles. The average molecular weight is 214 g/mol. The standard InChI is InChI=1S/C12H22O3/c13-10-6-2-1-4-8-12(15)9-5-3-7-11-14/h10,14H,1-9,11H2. The SMILES string of the molecule is O=CCCCCCC(=O)CCCCCO. The Bertz CT molecular complexity index is 166. The van der Waals surface area contributed by atoms with Crippen molar-refractivity contribution >= 4 is 12.1 Å². The lowest BCUT2D eigenvalue weighted by molar-refractivity contribution is -0.119. The maximum absolute atomic E-state index is 11.3. The first kappa shape index (κ1) is 14.3. The van der Waals surface area contributed by atoms with Crippen molar-refractivity contribution in [2.75, 3.05) is 6.61 Å². The Morgan fingerprint density at radius 2 is 1.53 bits per heavy atom. The lowest BCUT2D eigenvalue weighted by atomic mass is 10.1. The van der Waals surface area contributed by atoms with Crippen molar-refractivity contribution in [2.24, 2.45) is 0 Å². The van der Waals surface area contributed by atoms with Gasteiger partial charge in [-0.25, -0.2) is 0 Å². The molecule has 0 bridgehead atoms. The average Bonchev–Trinajstić information content (AvgIpc) is 2.24. The highest BCUT2D eigenvalue weighted by atomic mass is 16.2. The van der Waals surface area contributed by atoms with E-state index >= 15 is 0 Å². The summed E-state index contributed by atoms with van der Waals surface area (Å²) in [5, 5.41) is 8.54. The van der Waals surface area contributed by atoms with Gasteiger partial charge >= 0.3 is 0 Å². The maximum Gasteiger partial charge on any atom is 0.132 e. The zero-order chi connectivity index (χ0) is 11.4. The maximum atomic E-state index is 11.3. The van der Waals surface area contributed by atoms with Crippen LogP contribution in [0.3, 0.4) is 0 Å². The van der Waals surface area contributed by atoms with Gasteiger partial charge in [-0.3, -0.25) is 4.79 Å². The number of Topliss-reactive ketones (excluding diaryl/α,β-unsaturated/α-hetero) is 1. The topological polar surface area (TPSA) is 54.4 Å². The van der Waals surface area contributed by atoms with Gasteiger partial charge in [0.25, 0.3) is 0 Å². The molecule has 0 saturated carbocycles. The lowest BCUT2D eigenvalue weighted by Crippen LogP contribution is -1.98. The van der Waals surface area contributed by atoms with E-state index in [1.165, 1.54) is 0 Å². The molecule has 0 heterocycles. The Kier molecular flexibility index (Phi) is 10.8. The van der Waals surface area contributed by atoms with Crippen LogP contribution in [0.25, 0.3) is 0 Å². The van der Waals surface area contributed by atoms with Crippen LogP contribution >= 0.6 is 0 Å². The molecule has 0 atom stereocenters. The van der Waals surface area contributed by atoms with Gasteiger partial charge in [0, 0.05) is 25.9 Å². The Balaban J connectivity index is 3.15. The number of ketones is 1. The Hall–Kier alpha value is -0.700. The fourth-order valence-electron chi connectivity index (χ4n) is 1.46. The smallest absolute Gasteiger partial charge is 0.132 e. The summed E-state index contributed by atoms with van der Waals surface area (Å²) in [5.41, 5.74) is 0. The van der Waals surface area contributed by atoms with Crippen molar-refractivity contribution in [3.63, 3.8) is 0 Å². The Labute approximate surface area is 91.9 Å². The number of aldehydes is 1. The second-order valence-electron chi connectivity index (χ2n) is 3.84. The largest absolute Gasteiger partial charge is 0.396 e. The van der Waals surface area contributed by atoms with Crippen LogP contribution in [0.15, 0.2) is 0 Å². The molecule has 0 unspecified atom stereocenters. The van der Waals surface area contributed by atoms with Gasteiger partial charge < -0.3 is 9.90 Å². The third kappa shape index (κ3) is 11.2. The molecule has 0 radical (unpaired) electrons. The van der Waals surface area contributed by atoms with Gasteiger partial charge in [0.2, 0.25) is 0 Å². The minimum atomic E-state index is 0.222.